The number of nitrogens with zero attached hydrogens (tertiary/aromatic N) is 3. The van der Waals surface area contributed by atoms with Crippen molar-refractivity contribution in [2.45, 2.75) is 52.6 Å². The number of rotatable bonds is 3. The van der Waals surface area contributed by atoms with Crippen molar-refractivity contribution >= 4 is 33.4 Å². The van der Waals surface area contributed by atoms with Crippen molar-refractivity contribution in [1.82, 2.24) is 14.8 Å². The zero-order chi connectivity index (χ0) is 20.5. The van der Waals surface area contributed by atoms with Crippen LogP contribution in [-0.2, 0) is 9.59 Å². The van der Waals surface area contributed by atoms with Gasteiger partial charge in [0.05, 0.1) is 10.2 Å². The van der Waals surface area contributed by atoms with Crippen LogP contribution in [0.4, 0.5) is 0 Å². The molecule has 3 heterocycles. The van der Waals surface area contributed by atoms with E-state index in [4.69, 9.17) is 9.72 Å². The topological polar surface area (TPSA) is 62.7 Å². The molecule has 156 valence electrons. The van der Waals surface area contributed by atoms with Gasteiger partial charge in [-0.05, 0) is 37.8 Å². The number of likely N-dealkylation sites (tertiary alicyclic amines) is 2. The lowest BCUT2D eigenvalue weighted by Gasteiger charge is -2.36. The van der Waals surface area contributed by atoms with E-state index in [1.807, 2.05) is 9.80 Å². The lowest BCUT2D eigenvalue weighted by Crippen LogP contribution is -2.47. The molecular formula is C22H29N3O3S. The van der Waals surface area contributed by atoms with Crippen molar-refractivity contribution in [3.05, 3.63) is 23.3 Å². The van der Waals surface area contributed by atoms with Crippen LogP contribution in [-0.4, -0.2) is 58.9 Å². The van der Waals surface area contributed by atoms with Crippen LogP contribution in [0.2, 0.25) is 0 Å². The Morgan fingerprint density at radius 1 is 1.00 bits per heavy atom. The molecule has 29 heavy (non-hydrogen) atoms. The Morgan fingerprint density at radius 3 is 2.24 bits per heavy atom. The van der Waals surface area contributed by atoms with E-state index in [1.54, 1.807) is 18.3 Å². The normalized spacial score (nSPS) is 19.0. The first-order valence-electron chi connectivity index (χ1n) is 10.5. The first kappa shape index (κ1) is 20.1. The highest BCUT2D eigenvalue weighted by Crippen LogP contribution is 2.34. The molecular weight excluding hydrogens is 386 g/mol. The molecule has 2 saturated heterocycles. The highest BCUT2D eigenvalue weighted by molar-refractivity contribution is 7.20. The zero-order valence-electron chi connectivity index (χ0n) is 17.4. The molecule has 1 aromatic heterocycles. The van der Waals surface area contributed by atoms with Gasteiger partial charge in [0, 0.05) is 51.9 Å². The Kier molecular flexibility index (Phi) is 5.76. The summed E-state index contributed by atoms with van der Waals surface area (Å²) in [5.74, 6) is 0.408. The van der Waals surface area contributed by atoms with Crippen LogP contribution in [0.25, 0.3) is 10.2 Å². The summed E-state index contributed by atoms with van der Waals surface area (Å²) in [6.45, 7) is 8.65. The van der Waals surface area contributed by atoms with E-state index in [2.05, 4.69) is 26.0 Å². The third-order valence-electron chi connectivity index (χ3n) is 6.23. The van der Waals surface area contributed by atoms with Gasteiger partial charge in [-0.15, -0.1) is 0 Å². The number of fused-ring (bicyclic) bond motifs is 1. The lowest BCUT2D eigenvalue weighted by atomic mass is 9.94. The van der Waals surface area contributed by atoms with Crippen molar-refractivity contribution in [1.29, 1.82) is 0 Å². The lowest BCUT2D eigenvalue weighted by molar-refractivity contribution is -0.141. The average molecular weight is 416 g/mol. The van der Waals surface area contributed by atoms with Crippen molar-refractivity contribution < 1.29 is 14.3 Å². The van der Waals surface area contributed by atoms with Gasteiger partial charge in [0.2, 0.25) is 11.8 Å². The molecule has 0 radical (unpaired) electrons. The van der Waals surface area contributed by atoms with Crippen LogP contribution >= 0.6 is 11.3 Å². The van der Waals surface area contributed by atoms with Crippen molar-refractivity contribution in [2.24, 2.45) is 5.92 Å². The number of hydrogen-bond donors (Lipinski definition) is 0. The predicted octanol–water partition coefficient (Wildman–Crippen LogP) is 3.54. The molecule has 2 amide bonds. The fourth-order valence-electron chi connectivity index (χ4n) is 4.33. The van der Waals surface area contributed by atoms with Crippen LogP contribution in [0, 0.1) is 19.8 Å². The Hall–Kier alpha value is -2.15. The third kappa shape index (κ3) is 4.25. The van der Waals surface area contributed by atoms with Gasteiger partial charge in [0.25, 0.3) is 5.19 Å². The molecule has 2 aliphatic rings. The molecule has 6 nitrogen and oxygen atoms in total. The summed E-state index contributed by atoms with van der Waals surface area (Å²) < 4.78 is 7.39. The molecule has 0 unspecified atom stereocenters. The summed E-state index contributed by atoms with van der Waals surface area (Å²) in [4.78, 5) is 32.9. The minimum atomic E-state index is 0.0540. The van der Waals surface area contributed by atoms with E-state index < -0.39 is 0 Å². The largest absolute Gasteiger partial charge is 0.467 e. The Labute approximate surface area is 175 Å². The maximum atomic E-state index is 12.9. The number of carbonyl (C=O) groups is 2. The van der Waals surface area contributed by atoms with E-state index in [0.717, 1.165) is 49.5 Å². The first-order valence-corrected chi connectivity index (χ1v) is 11.3. The summed E-state index contributed by atoms with van der Waals surface area (Å²) in [5, 5.41) is 0.735. The summed E-state index contributed by atoms with van der Waals surface area (Å²) in [5.41, 5.74) is 3.44. The molecule has 2 fully saturated rings. The van der Waals surface area contributed by atoms with Crippen molar-refractivity contribution in [3.8, 4) is 5.19 Å². The van der Waals surface area contributed by atoms with E-state index in [-0.39, 0.29) is 23.8 Å². The zero-order valence-corrected chi connectivity index (χ0v) is 18.3. The second-order valence-electron chi connectivity index (χ2n) is 8.28. The number of piperidine rings is 2. The molecule has 2 aliphatic heterocycles. The average Bonchev–Trinajstić information content (AvgIpc) is 3.16. The van der Waals surface area contributed by atoms with Crippen LogP contribution in [0.1, 0.15) is 43.7 Å². The standard InChI is InChI=1S/C22H29N3O3S/c1-14-4-5-15(2)20-19(14)23-22(29-20)28-18-8-12-25(13-9-18)21(27)17-6-10-24(11-7-17)16(3)26/h4-5,17-18H,6-13H2,1-3H3. The molecule has 0 saturated carbocycles. The molecule has 0 N–H and O–H groups in total. The van der Waals surface area contributed by atoms with Crippen molar-refractivity contribution in [3.63, 3.8) is 0 Å². The number of benzene rings is 1. The Balaban J connectivity index is 1.31. The fraction of sp³-hybridized carbons (Fsp3) is 0.591. The third-order valence-corrected chi connectivity index (χ3v) is 7.31. The van der Waals surface area contributed by atoms with Gasteiger partial charge >= 0.3 is 0 Å². The highest BCUT2D eigenvalue weighted by atomic mass is 32.1. The number of aromatic nitrogens is 1. The number of carbonyl (C=O) groups excluding carboxylic acids is 2. The molecule has 4 rings (SSSR count). The van der Waals surface area contributed by atoms with Crippen LogP contribution in [0.15, 0.2) is 12.1 Å². The van der Waals surface area contributed by atoms with Crippen LogP contribution in [0.3, 0.4) is 0 Å². The summed E-state index contributed by atoms with van der Waals surface area (Å²) in [6, 6.07) is 4.23. The van der Waals surface area contributed by atoms with Gasteiger partial charge in [0.1, 0.15) is 6.10 Å². The van der Waals surface area contributed by atoms with Gasteiger partial charge in [-0.3, -0.25) is 9.59 Å². The smallest absolute Gasteiger partial charge is 0.274 e. The summed E-state index contributed by atoms with van der Waals surface area (Å²) in [6.07, 6.45) is 3.34. The van der Waals surface area contributed by atoms with Gasteiger partial charge in [-0.1, -0.05) is 23.5 Å². The van der Waals surface area contributed by atoms with Crippen LogP contribution < -0.4 is 4.74 Å². The predicted molar refractivity (Wildman–Crippen MR) is 114 cm³/mol. The molecule has 0 spiro atoms. The molecule has 2 aromatic rings. The SMILES string of the molecule is CC(=O)N1CCC(C(=O)N2CCC(Oc3nc4c(C)ccc(C)c4s3)CC2)CC1. The number of thiazole rings is 1. The van der Waals surface area contributed by atoms with E-state index in [9.17, 15) is 9.59 Å². The fourth-order valence-corrected chi connectivity index (χ4v) is 5.35. The van der Waals surface area contributed by atoms with Crippen LogP contribution in [0.5, 0.6) is 5.19 Å². The Morgan fingerprint density at radius 2 is 1.62 bits per heavy atom. The minimum absolute atomic E-state index is 0.0540. The summed E-state index contributed by atoms with van der Waals surface area (Å²) >= 11 is 1.62. The summed E-state index contributed by atoms with van der Waals surface area (Å²) in [7, 11) is 0. The second-order valence-corrected chi connectivity index (χ2v) is 9.24. The Bertz CT molecular complexity index is 870. The number of ether oxygens (including phenoxy) is 1. The minimum Gasteiger partial charge on any atom is -0.467 e. The van der Waals surface area contributed by atoms with Gasteiger partial charge < -0.3 is 14.5 Å². The molecule has 0 atom stereocenters. The first-order chi connectivity index (χ1) is 13.9. The number of aryl methyl sites for hydroxylation is 2. The molecule has 1 aromatic carbocycles. The number of amides is 2. The molecule has 7 heteroatoms. The monoisotopic (exact) mass is 415 g/mol. The number of hydrogen-bond acceptors (Lipinski definition) is 5. The second kappa shape index (κ2) is 8.30. The van der Waals surface area contributed by atoms with E-state index in [1.165, 1.54) is 15.8 Å². The van der Waals surface area contributed by atoms with Gasteiger partial charge in [0.15, 0.2) is 0 Å². The molecule has 0 bridgehead atoms. The highest BCUT2D eigenvalue weighted by Gasteiger charge is 2.32. The van der Waals surface area contributed by atoms with Gasteiger partial charge in [-0.25, -0.2) is 4.98 Å². The van der Waals surface area contributed by atoms with E-state index >= 15 is 0 Å². The van der Waals surface area contributed by atoms with Gasteiger partial charge in [-0.2, -0.15) is 0 Å². The maximum absolute atomic E-state index is 12.9. The quantitative estimate of drug-likeness (QED) is 0.769. The maximum Gasteiger partial charge on any atom is 0.274 e. The van der Waals surface area contributed by atoms with E-state index in [0.29, 0.717) is 13.1 Å². The molecule has 0 aliphatic carbocycles. The van der Waals surface area contributed by atoms with Crippen molar-refractivity contribution in [2.75, 3.05) is 26.2 Å².